The van der Waals surface area contributed by atoms with E-state index in [2.05, 4.69) is 24.3 Å². The molecule has 0 amide bonds. The summed E-state index contributed by atoms with van der Waals surface area (Å²) in [6.07, 6.45) is 3.02. The van der Waals surface area contributed by atoms with Crippen molar-refractivity contribution >= 4 is 0 Å². The predicted molar refractivity (Wildman–Crippen MR) is 60.0 cm³/mol. The van der Waals surface area contributed by atoms with E-state index in [1.165, 1.54) is 11.1 Å². The Kier molecular flexibility index (Phi) is 3.75. The first-order chi connectivity index (χ1) is 7.40. The van der Waals surface area contributed by atoms with E-state index in [0.717, 1.165) is 32.5 Å². The molecule has 0 spiro atoms. The van der Waals surface area contributed by atoms with Gasteiger partial charge >= 0.3 is 0 Å². The fourth-order valence-electron chi connectivity index (χ4n) is 2.16. The van der Waals surface area contributed by atoms with Crippen molar-refractivity contribution in [1.29, 1.82) is 0 Å². The van der Waals surface area contributed by atoms with Crippen molar-refractivity contribution in [2.24, 2.45) is 0 Å². The molecule has 0 bridgehead atoms. The Morgan fingerprint density at radius 1 is 1.27 bits per heavy atom. The first-order valence-electron chi connectivity index (χ1n) is 5.67. The van der Waals surface area contributed by atoms with Gasteiger partial charge in [0.25, 0.3) is 0 Å². The molecule has 1 fully saturated rings. The average Bonchev–Trinajstić information content (AvgIpc) is 2.31. The van der Waals surface area contributed by atoms with E-state index in [-0.39, 0.29) is 6.61 Å². The summed E-state index contributed by atoms with van der Waals surface area (Å²) in [7, 11) is 0. The number of rotatable bonds is 3. The molecule has 1 aromatic rings. The summed E-state index contributed by atoms with van der Waals surface area (Å²) < 4.78 is 5.36. The van der Waals surface area contributed by atoms with Crippen LogP contribution in [0.25, 0.3) is 0 Å². The second-order valence-corrected chi connectivity index (χ2v) is 4.11. The van der Waals surface area contributed by atoms with Crippen LogP contribution in [0.2, 0.25) is 0 Å². The lowest BCUT2D eigenvalue weighted by molar-refractivity contribution is 0.0853. The van der Waals surface area contributed by atoms with Gasteiger partial charge in [0, 0.05) is 19.8 Å². The highest BCUT2D eigenvalue weighted by Gasteiger charge is 2.15. The van der Waals surface area contributed by atoms with Crippen LogP contribution in [0.4, 0.5) is 0 Å². The Morgan fingerprint density at radius 3 is 2.80 bits per heavy atom. The Morgan fingerprint density at radius 2 is 2.07 bits per heavy atom. The average molecular weight is 206 g/mol. The molecule has 0 radical (unpaired) electrons. The van der Waals surface area contributed by atoms with Gasteiger partial charge < -0.3 is 9.84 Å². The predicted octanol–water partition coefficient (Wildman–Crippen LogP) is 2.12. The van der Waals surface area contributed by atoms with E-state index < -0.39 is 0 Å². The van der Waals surface area contributed by atoms with Gasteiger partial charge in [-0.25, -0.2) is 0 Å². The molecule has 1 aliphatic heterocycles. The third-order valence-corrected chi connectivity index (χ3v) is 3.04. The summed E-state index contributed by atoms with van der Waals surface area (Å²) in [4.78, 5) is 0. The van der Waals surface area contributed by atoms with Gasteiger partial charge in [0.15, 0.2) is 0 Å². The van der Waals surface area contributed by atoms with Crippen molar-refractivity contribution in [2.45, 2.75) is 25.2 Å². The second-order valence-electron chi connectivity index (χ2n) is 4.11. The van der Waals surface area contributed by atoms with Gasteiger partial charge in [0.05, 0.1) is 0 Å². The molecule has 2 heteroatoms. The largest absolute Gasteiger partial charge is 0.396 e. The molecular weight excluding hydrogens is 188 g/mol. The first kappa shape index (κ1) is 10.7. The quantitative estimate of drug-likeness (QED) is 0.820. The van der Waals surface area contributed by atoms with Gasteiger partial charge in [-0.2, -0.15) is 0 Å². The number of benzene rings is 1. The van der Waals surface area contributed by atoms with Crippen LogP contribution >= 0.6 is 0 Å². The molecule has 0 aromatic heterocycles. The van der Waals surface area contributed by atoms with E-state index in [9.17, 15) is 0 Å². The summed E-state index contributed by atoms with van der Waals surface area (Å²) in [6.45, 7) is 2.00. The van der Waals surface area contributed by atoms with Crippen molar-refractivity contribution in [2.75, 3.05) is 19.8 Å². The molecule has 1 aromatic carbocycles. The summed E-state index contributed by atoms with van der Waals surface area (Å²) in [5, 5.41) is 8.90. The van der Waals surface area contributed by atoms with Gasteiger partial charge in [-0.05, 0) is 36.3 Å². The van der Waals surface area contributed by atoms with Gasteiger partial charge in [-0.1, -0.05) is 24.3 Å². The standard InChI is InChI=1S/C13H18O2/c14-7-4-11-2-1-3-13(10-11)12-5-8-15-9-6-12/h1-3,10,12,14H,4-9H2. The highest BCUT2D eigenvalue weighted by Crippen LogP contribution is 2.27. The van der Waals surface area contributed by atoms with E-state index in [0.29, 0.717) is 5.92 Å². The Bertz CT molecular complexity index is 303. The van der Waals surface area contributed by atoms with Crippen LogP contribution in [0.1, 0.15) is 29.9 Å². The molecule has 0 unspecified atom stereocenters. The number of hydrogen-bond donors (Lipinski definition) is 1. The maximum absolute atomic E-state index is 8.90. The van der Waals surface area contributed by atoms with Crippen molar-refractivity contribution in [3.8, 4) is 0 Å². The Hall–Kier alpha value is -0.860. The minimum atomic E-state index is 0.233. The highest BCUT2D eigenvalue weighted by atomic mass is 16.5. The number of hydrogen-bond acceptors (Lipinski definition) is 2. The smallest absolute Gasteiger partial charge is 0.0471 e. The zero-order chi connectivity index (χ0) is 10.5. The highest BCUT2D eigenvalue weighted by molar-refractivity contribution is 5.26. The van der Waals surface area contributed by atoms with E-state index >= 15 is 0 Å². The molecule has 0 atom stereocenters. The molecule has 1 heterocycles. The van der Waals surface area contributed by atoms with E-state index in [1.54, 1.807) is 0 Å². The maximum Gasteiger partial charge on any atom is 0.0471 e. The minimum absolute atomic E-state index is 0.233. The van der Waals surface area contributed by atoms with Crippen molar-refractivity contribution < 1.29 is 9.84 Å². The first-order valence-corrected chi connectivity index (χ1v) is 5.67. The maximum atomic E-state index is 8.90. The zero-order valence-corrected chi connectivity index (χ0v) is 8.98. The second kappa shape index (κ2) is 5.29. The van der Waals surface area contributed by atoms with Gasteiger partial charge in [-0.3, -0.25) is 0 Å². The summed E-state index contributed by atoms with van der Waals surface area (Å²) in [5.41, 5.74) is 2.64. The SMILES string of the molecule is OCCc1cccc(C2CCOCC2)c1. The minimum Gasteiger partial charge on any atom is -0.396 e. The van der Waals surface area contributed by atoms with Crippen molar-refractivity contribution in [3.63, 3.8) is 0 Å². The van der Waals surface area contributed by atoms with Crippen LogP contribution < -0.4 is 0 Å². The van der Waals surface area contributed by atoms with Crippen molar-refractivity contribution in [1.82, 2.24) is 0 Å². The topological polar surface area (TPSA) is 29.5 Å². The van der Waals surface area contributed by atoms with Crippen LogP contribution in [-0.2, 0) is 11.2 Å². The van der Waals surface area contributed by atoms with Gasteiger partial charge in [0.1, 0.15) is 0 Å². The zero-order valence-electron chi connectivity index (χ0n) is 8.98. The third kappa shape index (κ3) is 2.80. The molecule has 1 aliphatic rings. The summed E-state index contributed by atoms with van der Waals surface area (Å²) in [5.74, 6) is 0.650. The van der Waals surface area contributed by atoms with Gasteiger partial charge in [0.2, 0.25) is 0 Å². The number of aliphatic hydroxyl groups is 1. The number of ether oxygens (including phenoxy) is 1. The molecule has 1 saturated heterocycles. The third-order valence-electron chi connectivity index (χ3n) is 3.04. The van der Waals surface area contributed by atoms with E-state index in [4.69, 9.17) is 9.84 Å². The fraction of sp³-hybridized carbons (Fsp3) is 0.538. The monoisotopic (exact) mass is 206 g/mol. The lowest BCUT2D eigenvalue weighted by Gasteiger charge is -2.22. The normalized spacial score (nSPS) is 17.9. The Labute approximate surface area is 90.9 Å². The molecule has 0 saturated carbocycles. The summed E-state index contributed by atoms with van der Waals surface area (Å²) >= 11 is 0. The molecular formula is C13H18O2. The van der Waals surface area contributed by atoms with Crippen LogP contribution in [0.3, 0.4) is 0 Å². The fourth-order valence-corrected chi connectivity index (χ4v) is 2.16. The van der Waals surface area contributed by atoms with Crippen LogP contribution in [0.15, 0.2) is 24.3 Å². The van der Waals surface area contributed by atoms with Crippen molar-refractivity contribution in [3.05, 3.63) is 35.4 Å². The van der Waals surface area contributed by atoms with Crippen LogP contribution in [0, 0.1) is 0 Å². The van der Waals surface area contributed by atoms with E-state index in [1.807, 2.05) is 0 Å². The van der Waals surface area contributed by atoms with Gasteiger partial charge in [-0.15, -0.1) is 0 Å². The van der Waals surface area contributed by atoms with Crippen LogP contribution in [-0.4, -0.2) is 24.9 Å². The lowest BCUT2D eigenvalue weighted by Crippen LogP contribution is -2.14. The Balaban J connectivity index is 2.09. The number of aliphatic hydroxyl groups excluding tert-OH is 1. The molecule has 0 aliphatic carbocycles. The molecule has 2 nitrogen and oxygen atoms in total. The van der Waals surface area contributed by atoms with Crippen LogP contribution in [0.5, 0.6) is 0 Å². The molecule has 82 valence electrons. The summed E-state index contributed by atoms with van der Waals surface area (Å²) in [6, 6.07) is 8.60. The molecule has 2 rings (SSSR count). The molecule has 1 N–H and O–H groups in total. The lowest BCUT2D eigenvalue weighted by atomic mass is 9.90. The molecule has 15 heavy (non-hydrogen) atoms.